The van der Waals surface area contributed by atoms with Gasteiger partial charge in [-0.25, -0.2) is 4.98 Å². The molecular formula is C11H15N5O2. The number of nitriles is 1. The molecule has 7 nitrogen and oxygen atoms in total. The van der Waals surface area contributed by atoms with Crippen molar-refractivity contribution in [1.29, 1.82) is 5.26 Å². The van der Waals surface area contributed by atoms with Gasteiger partial charge >= 0.3 is 0 Å². The number of aromatic nitrogens is 1. The van der Waals surface area contributed by atoms with E-state index < -0.39 is 4.92 Å². The predicted octanol–water partition coefficient (Wildman–Crippen LogP) is 1.26. The first-order chi connectivity index (χ1) is 8.49. The number of anilines is 1. The van der Waals surface area contributed by atoms with E-state index >= 15 is 0 Å². The minimum atomic E-state index is -0.583. The van der Waals surface area contributed by atoms with Crippen molar-refractivity contribution >= 4 is 11.5 Å². The first kappa shape index (κ1) is 13.9. The quantitative estimate of drug-likeness (QED) is 0.599. The molecule has 7 heteroatoms. The summed E-state index contributed by atoms with van der Waals surface area (Å²) in [5.41, 5.74) is 5.55. The first-order valence-electron chi connectivity index (χ1n) is 5.50. The van der Waals surface area contributed by atoms with E-state index in [1.165, 1.54) is 6.07 Å². The highest BCUT2D eigenvalue weighted by Gasteiger charge is 2.16. The fourth-order valence-electron chi connectivity index (χ4n) is 1.43. The van der Waals surface area contributed by atoms with Crippen LogP contribution in [-0.4, -0.2) is 22.5 Å². The maximum atomic E-state index is 10.6. The van der Waals surface area contributed by atoms with E-state index in [1.807, 2.05) is 19.9 Å². The standard InChI is InChI=1S/C11H15N5O2/c1-7(2)10(5-13)15-11-8(4-12)3-9(6-14-11)16(17)18/h3,6-7,10H,5,13H2,1-2H3,(H,14,15). The highest BCUT2D eigenvalue weighted by Crippen LogP contribution is 2.19. The average Bonchev–Trinajstić information content (AvgIpc) is 2.35. The molecule has 3 N–H and O–H groups in total. The minimum Gasteiger partial charge on any atom is -0.365 e. The van der Waals surface area contributed by atoms with Crippen molar-refractivity contribution in [2.45, 2.75) is 19.9 Å². The van der Waals surface area contributed by atoms with Gasteiger partial charge in [0.25, 0.3) is 5.69 Å². The van der Waals surface area contributed by atoms with Gasteiger partial charge in [-0.15, -0.1) is 0 Å². The molecule has 0 amide bonds. The van der Waals surface area contributed by atoms with Crippen LogP contribution in [0, 0.1) is 27.4 Å². The molecule has 96 valence electrons. The van der Waals surface area contributed by atoms with Gasteiger partial charge in [0.15, 0.2) is 0 Å². The molecule has 1 aromatic heterocycles. The molecule has 0 aliphatic heterocycles. The van der Waals surface area contributed by atoms with Crippen molar-refractivity contribution in [3.05, 3.63) is 27.9 Å². The van der Waals surface area contributed by atoms with Gasteiger partial charge in [0.05, 0.1) is 4.92 Å². The Bertz CT molecular complexity index is 481. The molecule has 0 aliphatic rings. The Balaban J connectivity index is 3.03. The number of rotatable bonds is 5. The number of nitrogens with zero attached hydrogens (tertiary/aromatic N) is 3. The second kappa shape index (κ2) is 5.93. The molecule has 1 unspecified atom stereocenters. The topological polar surface area (TPSA) is 118 Å². The molecule has 0 saturated carbocycles. The first-order valence-corrected chi connectivity index (χ1v) is 5.50. The molecule has 1 heterocycles. The molecule has 0 aromatic carbocycles. The summed E-state index contributed by atoms with van der Waals surface area (Å²) < 4.78 is 0. The van der Waals surface area contributed by atoms with E-state index in [-0.39, 0.29) is 23.2 Å². The maximum absolute atomic E-state index is 10.6. The third kappa shape index (κ3) is 3.15. The second-order valence-electron chi connectivity index (χ2n) is 4.19. The average molecular weight is 249 g/mol. The summed E-state index contributed by atoms with van der Waals surface area (Å²) in [5, 5.41) is 22.6. The van der Waals surface area contributed by atoms with Crippen LogP contribution in [0.3, 0.4) is 0 Å². The zero-order chi connectivity index (χ0) is 13.7. The van der Waals surface area contributed by atoms with Crippen LogP contribution in [0.4, 0.5) is 11.5 Å². The molecule has 1 rings (SSSR count). The lowest BCUT2D eigenvalue weighted by Gasteiger charge is -2.21. The third-order valence-corrected chi connectivity index (χ3v) is 2.59. The molecule has 1 atom stereocenters. The molecule has 0 radical (unpaired) electrons. The van der Waals surface area contributed by atoms with E-state index in [9.17, 15) is 10.1 Å². The van der Waals surface area contributed by atoms with Gasteiger partial charge in [-0.1, -0.05) is 13.8 Å². The number of nitro groups is 1. The zero-order valence-corrected chi connectivity index (χ0v) is 10.3. The lowest BCUT2D eigenvalue weighted by molar-refractivity contribution is -0.385. The lowest BCUT2D eigenvalue weighted by atomic mass is 10.0. The zero-order valence-electron chi connectivity index (χ0n) is 10.3. The van der Waals surface area contributed by atoms with Gasteiger partial charge in [-0.2, -0.15) is 5.26 Å². The summed E-state index contributed by atoms with van der Waals surface area (Å²) in [4.78, 5) is 13.9. The van der Waals surface area contributed by atoms with Crippen LogP contribution < -0.4 is 11.1 Å². The molecule has 0 spiro atoms. The van der Waals surface area contributed by atoms with Gasteiger partial charge in [-0.3, -0.25) is 10.1 Å². The maximum Gasteiger partial charge on any atom is 0.289 e. The van der Waals surface area contributed by atoms with E-state index in [2.05, 4.69) is 10.3 Å². The molecule has 0 aliphatic carbocycles. The van der Waals surface area contributed by atoms with E-state index in [0.29, 0.717) is 12.4 Å². The van der Waals surface area contributed by atoms with Crippen molar-refractivity contribution < 1.29 is 4.92 Å². The number of nitrogens with one attached hydrogen (secondary N) is 1. The van der Waals surface area contributed by atoms with E-state index in [4.69, 9.17) is 11.0 Å². The minimum absolute atomic E-state index is 0.0361. The van der Waals surface area contributed by atoms with Gasteiger partial charge in [-0.05, 0) is 5.92 Å². The monoisotopic (exact) mass is 249 g/mol. The Morgan fingerprint density at radius 2 is 2.33 bits per heavy atom. The van der Waals surface area contributed by atoms with Crippen LogP contribution in [0.5, 0.6) is 0 Å². The van der Waals surface area contributed by atoms with E-state index in [1.54, 1.807) is 0 Å². The summed E-state index contributed by atoms with van der Waals surface area (Å²) >= 11 is 0. The van der Waals surface area contributed by atoms with Gasteiger partial charge in [0.1, 0.15) is 23.6 Å². The van der Waals surface area contributed by atoms with Gasteiger partial charge in [0.2, 0.25) is 0 Å². The fraction of sp³-hybridized carbons (Fsp3) is 0.455. The highest BCUT2D eigenvalue weighted by atomic mass is 16.6. The summed E-state index contributed by atoms with van der Waals surface area (Å²) in [7, 11) is 0. The smallest absolute Gasteiger partial charge is 0.289 e. The normalized spacial score (nSPS) is 11.9. The number of nitrogens with two attached hydrogens (primary N) is 1. The van der Waals surface area contributed by atoms with Crippen molar-refractivity contribution in [3.63, 3.8) is 0 Å². The molecule has 18 heavy (non-hydrogen) atoms. The molecule has 0 saturated heterocycles. The number of hydrogen-bond donors (Lipinski definition) is 2. The van der Waals surface area contributed by atoms with Crippen LogP contribution >= 0.6 is 0 Å². The Hall–Kier alpha value is -2.20. The predicted molar refractivity (Wildman–Crippen MR) is 66.9 cm³/mol. The van der Waals surface area contributed by atoms with Crippen molar-refractivity contribution in [2.75, 3.05) is 11.9 Å². The Kier molecular flexibility index (Phi) is 4.57. The lowest BCUT2D eigenvalue weighted by Crippen LogP contribution is -2.34. The second-order valence-corrected chi connectivity index (χ2v) is 4.19. The van der Waals surface area contributed by atoms with Crippen LogP contribution in [0.15, 0.2) is 12.3 Å². The molecule has 0 fully saturated rings. The highest BCUT2D eigenvalue weighted by molar-refractivity contribution is 5.56. The SMILES string of the molecule is CC(C)C(CN)Nc1ncc([N+](=O)[O-])cc1C#N. The van der Waals surface area contributed by atoms with E-state index in [0.717, 1.165) is 6.20 Å². The Morgan fingerprint density at radius 3 is 2.78 bits per heavy atom. The molecule has 0 bridgehead atoms. The molecular weight excluding hydrogens is 234 g/mol. The fourth-order valence-corrected chi connectivity index (χ4v) is 1.43. The summed E-state index contributed by atoms with van der Waals surface area (Å²) in [6, 6.07) is 3.05. The van der Waals surface area contributed by atoms with Crippen LogP contribution in [-0.2, 0) is 0 Å². The van der Waals surface area contributed by atoms with Crippen LogP contribution in [0.25, 0.3) is 0 Å². The van der Waals surface area contributed by atoms with Gasteiger partial charge < -0.3 is 11.1 Å². The summed E-state index contributed by atoms with van der Waals surface area (Å²) in [6.07, 6.45) is 1.12. The number of pyridine rings is 1. The Labute approximate surface area is 105 Å². The van der Waals surface area contributed by atoms with Crippen molar-refractivity contribution in [1.82, 2.24) is 4.98 Å². The van der Waals surface area contributed by atoms with Crippen LogP contribution in [0.2, 0.25) is 0 Å². The van der Waals surface area contributed by atoms with Gasteiger partial charge in [0, 0.05) is 18.7 Å². The molecule has 1 aromatic rings. The van der Waals surface area contributed by atoms with Crippen LogP contribution in [0.1, 0.15) is 19.4 Å². The van der Waals surface area contributed by atoms with Crippen molar-refractivity contribution in [3.8, 4) is 6.07 Å². The van der Waals surface area contributed by atoms with Crippen molar-refractivity contribution in [2.24, 2.45) is 11.7 Å². The Morgan fingerprint density at radius 1 is 1.67 bits per heavy atom. The number of hydrogen-bond acceptors (Lipinski definition) is 6. The largest absolute Gasteiger partial charge is 0.365 e. The summed E-state index contributed by atoms with van der Waals surface area (Å²) in [5.74, 6) is 0.589. The summed E-state index contributed by atoms with van der Waals surface area (Å²) in [6.45, 7) is 4.37. The third-order valence-electron chi connectivity index (χ3n) is 2.59.